The van der Waals surface area contributed by atoms with E-state index in [1.807, 2.05) is 6.07 Å². The third-order valence-electron chi connectivity index (χ3n) is 4.98. The number of carbonyl (C=O) groups is 2. The Bertz CT molecular complexity index is 635. The lowest BCUT2D eigenvalue weighted by atomic mass is 10.0. The molecule has 2 aliphatic carbocycles. The first-order valence-corrected chi connectivity index (χ1v) is 7.38. The largest absolute Gasteiger partial charge is 0.493 e. The lowest BCUT2D eigenvalue weighted by Gasteiger charge is -2.16. The normalized spacial score (nSPS) is 24.9. The Balaban J connectivity index is 1.54. The van der Waals surface area contributed by atoms with Crippen LogP contribution in [0.5, 0.6) is 5.75 Å². The van der Waals surface area contributed by atoms with Gasteiger partial charge in [0.25, 0.3) is 0 Å². The third-order valence-corrected chi connectivity index (χ3v) is 4.98. The van der Waals surface area contributed by atoms with E-state index in [1.54, 1.807) is 12.1 Å². The first kappa shape index (κ1) is 12.7. The van der Waals surface area contributed by atoms with E-state index in [-0.39, 0.29) is 17.2 Å². The summed E-state index contributed by atoms with van der Waals surface area (Å²) in [4.78, 5) is 23.7. The topological polar surface area (TPSA) is 75.6 Å². The van der Waals surface area contributed by atoms with Gasteiger partial charge in [-0.1, -0.05) is 6.07 Å². The average Bonchev–Trinajstić information content (AvgIpc) is 3.35. The Morgan fingerprint density at radius 2 is 2.19 bits per heavy atom. The molecule has 21 heavy (non-hydrogen) atoms. The van der Waals surface area contributed by atoms with Gasteiger partial charge in [-0.2, -0.15) is 0 Å². The van der Waals surface area contributed by atoms with Crippen molar-refractivity contribution in [3.8, 4) is 5.75 Å². The van der Waals surface area contributed by atoms with Gasteiger partial charge in [-0.25, -0.2) is 4.79 Å². The predicted octanol–water partition coefficient (Wildman–Crippen LogP) is 1.66. The number of carbonyl (C=O) groups excluding carboxylic acids is 1. The van der Waals surface area contributed by atoms with E-state index in [0.717, 1.165) is 37.0 Å². The fourth-order valence-electron chi connectivity index (χ4n) is 3.35. The Labute approximate surface area is 122 Å². The molecule has 0 bridgehead atoms. The van der Waals surface area contributed by atoms with Crippen molar-refractivity contribution in [2.24, 2.45) is 11.3 Å². The van der Waals surface area contributed by atoms with Crippen LogP contribution in [0.2, 0.25) is 0 Å². The molecule has 0 saturated heterocycles. The molecule has 1 amide bonds. The minimum atomic E-state index is -1.02. The quantitative estimate of drug-likeness (QED) is 0.883. The summed E-state index contributed by atoms with van der Waals surface area (Å²) in [6.07, 6.45) is 3.93. The Morgan fingerprint density at radius 1 is 1.38 bits per heavy atom. The summed E-state index contributed by atoms with van der Waals surface area (Å²) in [5, 5.41) is 12.1. The van der Waals surface area contributed by atoms with E-state index in [9.17, 15) is 14.7 Å². The van der Waals surface area contributed by atoms with Gasteiger partial charge in [0.2, 0.25) is 5.91 Å². The molecule has 1 aliphatic heterocycles. The van der Waals surface area contributed by atoms with Crippen LogP contribution in [0.1, 0.15) is 36.4 Å². The van der Waals surface area contributed by atoms with Crippen LogP contribution in [-0.4, -0.2) is 23.6 Å². The highest BCUT2D eigenvalue weighted by molar-refractivity contribution is 5.88. The zero-order chi connectivity index (χ0) is 14.6. The molecule has 2 unspecified atom stereocenters. The van der Waals surface area contributed by atoms with Crippen molar-refractivity contribution in [3.05, 3.63) is 29.3 Å². The van der Waals surface area contributed by atoms with Crippen molar-refractivity contribution < 1.29 is 19.4 Å². The molecule has 0 radical (unpaired) electrons. The number of hydrogen-bond donors (Lipinski definition) is 2. The first-order chi connectivity index (χ1) is 10.1. The zero-order valence-electron chi connectivity index (χ0n) is 11.6. The van der Waals surface area contributed by atoms with E-state index >= 15 is 0 Å². The number of aliphatic carboxylic acids is 1. The van der Waals surface area contributed by atoms with Crippen molar-refractivity contribution in [3.63, 3.8) is 0 Å². The van der Waals surface area contributed by atoms with Crippen molar-refractivity contribution in [2.45, 2.75) is 31.7 Å². The van der Waals surface area contributed by atoms with Gasteiger partial charge in [-0.3, -0.25) is 4.79 Å². The van der Waals surface area contributed by atoms with Gasteiger partial charge in [0, 0.05) is 12.3 Å². The molecule has 5 heteroatoms. The van der Waals surface area contributed by atoms with Gasteiger partial charge in [0.05, 0.1) is 6.61 Å². The number of carboxylic acid groups (broad SMARTS) is 1. The van der Waals surface area contributed by atoms with Crippen LogP contribution >= 0.6 is 0 Å². The molecule has 4 rings (SSSR count). The van der Waals surface area contributed by atoms with Crippen LogP contribution < -0.4 is 10.1 Å². The summed E-state index contributed by atoms with van der Waals surface area (Å²) in [5.41, 5.74) is 1.86. The monoisotopic (exact) mass is 287 g/mol. The van der Waals surface area contributed by atoms with Crippen LogP contribution in [0, 0.1) is 11.3 Å². The highest BCUT2D eigenvalue weighted by Crippen LogP contribution is 2.70. The van der Waals surface area contributed by atoms with Crippen molar-refractivity contribution in [1.82, 2.24) is 5.32 Å². The maximum atomic E-state index is 12.2. The minimum absolute atomic E-state index is 0.0251. The van der Waals surface area contributed by atoms with Gasteiger partial charge in [0.15, 0.2) is 6.04 Å². The lowest BCUT2D eigenvalue weighted by molar-refractivity contribution is -0.142. The summed E-state index contributed by atoms with van der Waals surface area (Å²) in [6, 6.07) is 4.38. The number of carboxylic acids is 1. The number of hydrogen-bond acceptors (Lipinski definition) is 3. The Kier molecular flexibility index (Phi) is 2.55. The molecule has 2 saturated carbocycles. The SMILES string of the molecule is O=C(O)C(NC(=O)C1CC12CC2)c1ccc2c(c1)CCO2. The average molecular weight is 287 g/mol. The highest BCUT2D eigenvalue weighted by Gasteiger charge is 2.65. The second kappa shape index (κ2) is 4.23. The molecule has 1 heterocycles. The van der Waals surface area contributed by atoms with E-state index < -0.39 is 12.0 Å². The van der Waals surface area contributed by atoms with E-state index in [2.05, 4.69) is 5.32 Å². The fraction of sp³-hybridized carbons (Fsp3) is 0.500. The van der Waals surface area contributed by atoms with Crippen LogP contribution in [-0.2, 0) is 16.0 Å². The van der Waals surface area contributed by atoms with Crippen molar-refractivity contribution in [1.29, 1.82) is 0 Å². The molecule has 1 aromatic rings. The van der Waals surface area contributed by atoms with Crippen LogP contribution in [0.3, 0.4) is 0 Å². The van der Waals surface area contributed by atoms with Gasteiger partial charge >= 0.3 is 5.97 Å². The van der Waals surface area contributed by atoms with E-state index in [1.165, 1.54) is 0 Å². The number of amides is 1. The number of fused-ring (bicyclic) bond motifs is 1. The van der Waals surface area contributed by atoms with Gasteiger partial charge in [-0.05, 0) is 47.9 Å². The molecule has 2 N–H and O–H groups in total. The molecular weight excluding hydrogens is 270 g/mol. The number of ether oxygens (including phenoxy) is 1. The summed E-state index contributed by atoms with van der Waals surface area (Å²) in [7, 11) is 0. The van der Waals surface area contributed by atoms with Gasteiger partial charge in [-0.15, -0.1) is 0 Å². The van der Waals surface area contributed by atoms with E-state index in [4.69, 9.17) is 4.74 Å². The van der Waals surface area contributed by atoms with Crippen LogP contribution in [0.25, 0.3) is 0 Å². The molecule has 3 aliphatic rings. The summed E-state index contributed by atoms with van der Waals surface area (Å²) >= 11 is 0. The van der Waals surface area contributed by atoms with Crippen LogP contribution in [0.4, 0.5) is 0 Å². The standard InChI is InChI=1S/C16H17NO4/c18-14(11-8-16(11)4-5-16)17-13(15(19)20)10-1-2-12-9(7-10)3-6-21-12/h1-2,7,11,13H,3-6,8H2,(H,17,18)(H,19,20). The summed E-state index contributed by atoms with van der Waals surface area (Å²) in [6.45, 7) is 0.632. The number of nitrogens with one attached hydrogen (secondary N) is 1. The Hall–Kier alpha value is -2.04. The summed E-state index contributed by atoms with van der Waals surface area (Å²) < 4.78 is 5.42. The van der Waals surface area contributed by atoms with Crippen molar-refractivity contribution >= 4 is 11.9 Å². The first-order valence-electron chi connectivity index (χ1n) is 7.38. The maximum absolute atomic E-state index is 12.2. The summed E-state index contributed by atoms with van der Waals surface area (Å²) in [5.74, 6) is -0.296. The number of rotatable bonds is 4. The Morgan fingerprint density at radius 3 is 2.86 bits per heavy atom. The molecular formula is C16H17NO4. The fourth-order valence-corrected chi connectivity index (χ4v) is 3.35. The van der Waals surface area contributed by atoms with Gasteiger partial charge in [0.1, 0.15) is 5.75 Å². The molecule has 2 fully saturated rings. The van der Waals surface area contributed by atoms with E-state index in [0.29, 0.717) is 12.2 Å². The number of benzene rings is 1. The smallest absolute Gasteiger partial charge is 0.330 e. The molecule has 110 valence electrons. The van der Waals surface area contributed by atoms with Crippen molar-refractivity contribution in [2.75, 3.05) is 6.61 Å². The highest BCUT2D eigenvalue weighted by atomic mass is 16.5. The molecule has 5 nitrogen and oxygen atoms in total. The lowest BCUT2D eigenvalue weighted by Crippen LogP contribution is -2.35. The molecule has 2 atom stereocenters. The van der Waals surface area contributed by atoms with Crippen LogP contribution in [0.15, 0.2) is 18.2 Å². The second-order valence-electron chi connectivity index (χ2n) is 6.36. The van der Waals surface area contributed by atoms with Gasteiger partial charge < -0.3 is 15.2 Å². The minimum Gasteiger partial charge on any atom is -0.493 e. The third kappa shape index (κ3) is 2.07. The molecule has 1 aromatic carbocycles. The molecule has 1 spiro atoms. The molecule has 0 aromatic heterocycles. The predicted molar refractivity (Wildman–Crippen MR) is 73.9 cm³/mol. The second-order valence-corrected chi connectivity index (χ2v) is 6.36. The maximum Gasteiger partial charge on any atom is 0.330 e. The zero-order valence-corrected chi connectivity index (χ0v) is 11.6.